The number of aromatic nitrogens is 2. The Hall–Kier alpha value is -0.810. The van der Waals surface area contributed by atoms with Gasteiger partial charge in [-0.3, -0.25) is 4.21 Å². The first kappa shape index (κ1) is 6.31. The molecule has 0 saturated heterocycles. The Morgan fingerprint density at radius 2 is 2.33 bits per heavy atom. The van der Waals surface area contributed by atoms with E-state index < -0.39 is 11.1 Å². The maximum Gasteiger partial charge on any atom is 0.0646 e. The van der Waals surface area contributed by atoms with Crippen molar-refractivity contribution in [2.24, 2.45) is 0 Å². The minimum absolute atomic E-state index is 0.157. The molecule has 0 amide bonds. The van der Waals surface area contributed by atoms with Crippen LogP contribution in [0.15, 0.2) is 23.4 Å². The van der Waals surface area contributed by atoms with E-state index in [4.69, 9.17) is 0 Å². The van der Waals surface area contributed by atoms with Gasteiger partial charge in [0.05, 0.1) is 12.4 Å². The highest BCUT2D eigenvalue weighted by molar-refractivity contribution is 7.79. The van der Waals surface area contributed by atoms with Gasteiger partial charge in [0, 0.05) is 4.90 Å². The predicted molar refractivity (Wildman–Crippen MR) is 29.2 cm³/mol. The highest BCUT2D eigenvalue weighted by atomic mass is 32.2. The topological polar surface area (TPSA) is 65.9 Å². The first-order valence-corrected chi connectivity index (χ1v) is 3.24. The molecule has 0 bridgehead atoms. The number of hydrogen-bond donors (Lipinski definition) is 0. The van der Waals surface area contributed by atoms with E-state index in [1.165, 1.54) is 18.5 Å². The number of rotatable bonds is 1. The standard InChI is InChI=1S/C4H4N2O2S/c7-9(8)4-1-2-5-6-3-4/h1-3H,(H,7,8)/p-1. The second-order valence-electron chi connectivity index (χ2n) is 1.31. The maximum atomic E-state index is 10.1. The quantitative estimate of drug-likeness (QED) is 0.507. The summed E-state index contributed by atoms with van der Waals surface area (Å²) in [6.45, 7) is 0. The van der Waals surface area contributed by atoms with Gasteiger partial charge >= 0.3 is 0 Å². The Bertz CT molecular complexity index is 213. The largest absolute Gasteiger partial charge is 0.768 e. The molecule has 0 fully saturated rings. The molecular weight excluding hydrogens is 140 g/mol. The molecule has 0 radical (unpaired) electrons. The van der Waals surface area contributed by atoms with Crippen molar-refractivity contribution in [1.29, 1.82) is 0 Å². The van der Waals surface area contributed by atoms with Crippen molar-refractivity contribution in [1.82, 2.24) is 10.2 Å². The second kappa shape index (κ2) is 2.65. The van der Waals surface area contributed by atoms with E-state index in [2.05, 4.69) is 10.2 Å². The Labute approximate surface area is 54.2 Å². The summed E-state index contributed by atoms with van der Waals surface area (Å²) in [5.41, 5.74) is 0. The van der Waals surface area contributed by atoms with Crippen LogP contribution in [0.1, 0.15) is 0 Å². The lowest BCUT2D eigenvalue weighted by Crippen LogP contribution is -1.89. The fraction of sp³-hybridized carbons (Fsp3) is 0. The third-order valence-corrected chi connectivity index (χ3v) is 1.38. The molecule has 1 rings (SSSR count). The Morgan fingerprint density at radius 1 is 1.56 bits per heavy atom. The zero-order valence-electron chi connectivity index (χ0n) is 4.35. The third-order valence-electron chi connectivity index (χ3n) is 0.750. The molecule has 9 heavy (non-hydrogen) atoms. The molecule has 0 N–H and O–H groups in total. The SMILES string of the molecule is O=S([O-])c1ccnnc1. The van der Waals surface area contributed by atoms with Crippen LogP contribution in [-0.2, 0) is 11.1 Å². The van der Waals surface area contributed by atoms with Crippen LogP contribution in [0.5, 0.6) is 0 Å². The monoisotopic (exact) mass is 143 g/mol. The lowest BCUT2D eigenvalue weighted by atomic mass is 10.6. The molecule has 0 aliphatic carbocycles. The molecular formula is C4H3N2O2S-. The van der Waals surface area contributed by atoms with Gasteiger partial charge in [0.25, 0.3) is 0 Å². The summed E-state index contributed by atoms with van der Waals surface area (Å²) < 4.78 is 20.3. The van der Waals surface area contributed by atoms with E-state index in [-0.39, 0.29) is 4.90 Å². The molecule has 1 heterocycles. The molecule has 1 aromatic rings. The van der Waals surface area contributed by atoms with E-state index >= 15 is 0 Å². The van der Waals surface area contributed by atoms with Gasteiger partial charge in [-0.2, -0.15) is 10.2 Å². The van der Waals surface area contributed by atoms with Crippen molar-refractivity contribution < 1.29 is 8.76 Å². The van der Waals surface area contributed by atoms with Crippen molar-refractivity contribution in [3.05, 3.63) is 18.5 Å². The second-order valence-corrected chi connectivity index (χ2v) is 2.25. The van der Waals surface area contributed by atoms with Gasteiger partial charge in [0.1, 0.15) is 0 Å². The smallest absolute Gasteiger partial charge is 0.0646 e. The molecule has 0 aliphatic rings. The van der Waals surface area contributed by atoms with Crippen LogP contribution < -0.4 is 0 Å². The van der Waals surface area contributed by atoms with Gasteiger partial charge in [0.15, 0.2) is 0 Å². The van der Waals surface area contributed by atoms with Gasteiger partial charge in [0.2, 0.25) is 0 Å². The first-order valence-electron chi connectivity index (χ1n) is 2.16. The van der Waals surface area contributed by atoms with Crippen LogP contribution in [0.4, 0.5) is 0 Å². The average Bonchev–Trinajstić information content (AvgIpc) is 1.90. The first-order chi connectivity index (χ1) is 4.30. The number of nitrogens with zero attached hydrogens (tertiary/aromatic N) is 2. The van der Waals surface area contributed by atoms with E-state index in [1.54, 1.807) is 0 Å². The zero-order chi connectivity index (χ0) is 6.69. The third kappa shape index (κ3) is 1.55. The van der Waals surface area contributed by atoms with Crippen molar-refractivity contribution in [2.75, 3.05) is 0 Å². The number of hydrogen-bond acceptors (Lipinski definition) is 4. The van der Waals surface area contributed by atoms with E-state index in [9.17, 15) is 8.76 Å². The minimum atomic E-state index is -2.18. The summed E-state index contributed by atoms with van der Waals surface area (Å²) >= 11 is -2.18. The molecule has 0 aromatic carbocycles. The molecule has 1 aromatic heterocycles. The normalized spacial score (nSPS) is 13.0. The molecule has 1 unspecified atom stereocenters. The molecule has 4 nitrogen and oxygen atoms in total. The van der Waals surface area contributed by atoms with Crippen molar-refractivity contribution in [2.45, 2.75) is 4.90 Å². The molecule has 0 spiro atoms. The summed E-state index contributed by atoms with van der Waals surface area (Å²) in [6, 6.07) is 1.37. The fourth-order valence-corrected chi connectivity index (χ4v) is 0.682. The van der Waals surface area contributed by atoms with Gasteiger partial charge in [-0.1, -0.05) is 0 Å². The fourth-order valence-electron chi connectivity index (χ4n) is 0.377. The molecule has 1 atom stereocenters. The van der Waals surface area contributed by atoms with Crippen LogP contribution in [0.2, 0.25) is 0 Å². The minimum Gasteiger partial charge on any atom is -0.768 e. The highest BCUT2D eigenvalue weighted by Crippen LogP contribution is 1.96. The summed E-state index contributed by atoms with van der Waals surface area (Å²) in [5, 5.41) is 6.77. The zero-order valence-corrected chi connectivity index (χ0v) is 5.17. The van der Waals surface area contributed by atoms with Gasteiger partial charge < -0.3 is 4.55 Å². The van der Waals surface area contributed by atoms with Gasteiger partial charge in [-0.15, -0.1) is 0 Å². The highest BCUT2D eigenvalue weighted by Gasteiger charge is 1.86. The van der Waals surface area contributed by atoms with Crippen molar-refractivity contribution in [3.8, 4) is 0 Å². The van der Waals surface area contributed by atoms with Gasteiger partial charge in [-0.25, -0.2) is 0 Å². The molecule has 48 valence electrons. The van der Waals surface area contributed by atoms with Crippen molar-refractivity contribution >= 4 is 11.1 Å². The average molecular weight is 143 g/mol. The predicted octanol–water partition coefficient (Wildman–Crippen LogP) is -0.285. The summed E-state index contributed by atoms with van der Waals surface area (Å²) in [6.07, 6.45) is 2.51. The van der Waals surface area contributed by atoms with Crippen LogP contribution in [-0.4, -0.2) is 19.0 Å². The van der Waals surface area contributed by atoms with Gasteiger partial charge in [-0.05, 0) is 17.1 Å². The van der Waals surface area contributed by atoms with Crippen LogP contribution >= 0.6 is 0 Å². The van der Waals surface area contributed by atoms with Crippen LogP contribution in [0.3, 0.4) is 0 Å². The van der Waals surface area contributed by atoms with Crippen LogP contribution in [0.25, 0.3) is 0 Å². The lowest BCUT2D eigenvalue weighted by molar-refractivity contribution is 0.536. The molecule has 5 heteroatoms. The Balaban J connectivity index is 2.98. The Morgan fingerprint density at radius 3 is 2.67 bits per heavy atom. The lowest BCUT2D eigenvalue weighted by Gasteiger charge is -2.00. The summed E-state index contributed by atoms with van der Waals surface area (Å²) in [4.78, 5) is 0.157. The van der Waals surface area contributed by atoms with E-state index in [1.807, 2.05) is 0 Å². The molecule has 0 aliphatic heterocycles. The van der Waals surface area contributed by atoms with E-state index in [0.29, 0.717) is 0 Å². The molecule has 0 saturated carbocycles. The summed E-state index contributed by atoms with van der Waals surface area (Å²) in [5.74, 6) is 0. The van der Waals surface area contributed by atoms with Crippen LogP contribution in [0, 0.1) is 0 Å². The summed E-state index contributed by atoms with van der Waals surface area (Å²) in [7, 11) is 0. The maximum absolute atomic E-state index is 10.1. The van der Waals surface area contributed by atoms with Crippen molar-refractivity contribution in [3.63, 3.8) is 0 Å². The Kier molecular flexibility index (Phi) is 1.86. The van der Waals surface area contributed by atoms with E-state index in [0.717, 1.165) is 0 Å².